The first kappa shape index (κ1) is 13.5. The van der Waals surface area contributed by atoms with Crippen molar-refractivity contribution >= 4 is 5.91 Å². The standard InChI is InChI=1S/C13H21N5O2/c19-9-13(3-1-2-4-13)8-15-12(20)11-7-18(17-16-11)10-5-14-6-10/h7,10,14,19H,1-6,8-9H2,(H,15,20). The lowest BCUT2D eigenvalue weighted by Gasteiger charge is -2.26. The van der Waals surface area contributed by atoms with Gasteiger partial charge in [0.1, 0.15) is 0 Å². The molecule has 0 radical (unpaired) electrons. The summed E-state index contributed by atoms with van der Waals surface area (Å²) in [7, 11) is 0. The molecule has 1 saturated heterocycles. The highest BCUT2D eigenvalue weighted by Crippen LogP contribution is 2.36. The lowest BCUT2D eigenvalue weighted by molar-refractivity contribution is 0.0876. The second-order valence-electron chi connectivity index (χ2n) is 5.94. The van der Waals surface area contributed by atoms with E-state index in [1.807, 2.05) is 0 Å². The van der Waals surface area contributed by atoms with Gasteiger partial charge in [0.05, 0.1) is 18.8 Å². The fourth-order valence-corrected chi connectivity index (χ4v) is 2.89. The van der Waals surface area contributed by atoms with Gasteiger partial charge in [0, 0.05) is 25.0 Å². The number of aliphatic hydroxyl groups is 1. The summed E-state index contributed by atoms with van der Waals surface area (Å²) in [6.07, 6.45) is 5.90. The Hall–Kier alpha value is -1.47. The van der Waals surface area contributed by atoms with Crippen LogP contribution in [-0.4, -0.2) is 52.2 Å². The summed E-state index contributed by atoms with van der Waals surface area (Å²) in [5, 5.41) is 23.5. The predicted molar refractivity (Wildman–Crippen MR) is 72.2 cm³/mol. The van der Waals surface area contributed by atoms with Crippen LogP contribution in [0.1, 0.15) is 42.2 Å². The van der Waals surface area contributed by atoms with Gasteiger partial charge in [-0.15, -0.1) is 5.10 Å². The molecule has 3 rings (SSSR count). The summed E-state index contributed by atoms with van der Waals surface area (Å²) in [6, 6.07) is 0.308. The summed E-state index contributed by atoms with van der Waals surface area (Å²) >= 11 is 0. The zero-order valence-corrected chi connectivity index (χ0v) is 11.5. The Kier molecular flexibility index (Phi) is 3.71. The quantitative estimate of drug-likeness (QED) is 0.688. The van der Waals surface area contributed by atoms with Gasteiger partial charge in [-0.1, -0.05) is 18.1 Å². The Balaban J connectivity index is 1.57. The van der Waals surface area contributed by atoms with Gasteiger partial charge in [0.25, 0.3) is 5.91 Å². The average molecular weight is 279 g/mol. The van der Waals surface area contributed by atoms with Crippen LogP contribution in [0.15, 0.2) is 6.20 Å². The number of carbonyl (C=O) groups excluding carboxylic acids is 1. The van der Waals surface area contributed by atoms with E-state index in [9.17, 15) is 9.90 Å². The molecule has 1 aliphatic carbocycles. The summed E-state index contributed by atoms with van der Waals surface area (Å²) in [6.45, 7) is 2.39. The van der Waals surface area contributed by atoms with Crippen molar-refractivity contribution in [1.29, 1.82) is 0 Å². The van der Waals surface area contributed by atoms with Crippen LogP contribution < -0.4 is 10.6 Å². The number of aliphatic hydroxyl groups excluding tert-OH is 1. The lowest BCUT2D eigenvalue weighted by Crippen LogP contribution is -2.43. The summed E-state index contributed by atoms with van der Waals surface area (Å²) in [4.78, 5) is 12.1. The van der Waals surface area contributed by atoms with Gasteiger partial charge in [-0.3, -0.25) is 4.79 Å². The number of aromatic nitrogens is 3. The third-order valence-electron chi connectivity index (χ3n) is 4.50. The second-order valence-corrected chi connectivity index (χ2v) is 5.94. The van der Waals surface area contributed by atoms with Crippen LogP contribution in [0.2, 0.25) is 0 Å². The van der Waals surface area contributed by atoms with Crippen molar-refractivity contribution in [3.8, 4) is 0 Å². The molecule has 7 heteroatoms. The van der Waals surface area contributed by atoms with Crippen LogP contribution in [0.4, 0.5) is 0 Å². The molecular weight excluding hydrogens is 258 g/mol. The maximum atomic E-state index is 12.1. The van der Waals surface area contributed by atoms with Gasteiger partial charge in [-0.25, -0.2) is 4.68 Å². The van der Waals surface area contributed by atoms with Crippen molar-refractivity contribution in [1.82, 2.24) is 25.6 Å². The molecule has 110 valence electrons. The highest BCUT2D eigenvalue weighted by Gasteiger charge is 2.33. The van der Waals surface area contributed by atoms with Gasteiger partial charge in [0.15, 0.2) is 5.69 Å². The molecule has 2 aliphatic rings. The van der Waals surface area contributed by atoms with Crippen molar-refractivity contribution < 1.29 is 9.90 Å². The van der Waals surface area contributed by atoms with Crippen LogP contribution in [0.25, 0.3) is 0 Å². The topological polar surface area (TPSA) is 92.1 Å². The number of nitrogens with zero attached hydrogens (tertiary/aromatic N) is 3. The summed E-state index contributed by atoms with van der Waals surface area (Å²) in [5.41, 5.74) is 0.215. The first-order chi connectivity index (χ1) is 9.72. The van der Waals surface area contributed by atoms with E-state index in [1.54, 1.807) is 10.9 Å². The van der Waals surface area contributed by atoms with E-state index in [0.717, 1.165) is 38.8 Å². The SMILES string of the molecule is O=C(NCC1(CO)CCCC1)c1cn(C2CNC2)nn1. The minimum atomic E-state index is -0.205. The molecule has 2 heterocycles. The fraction of sp³-hybridized carbons (Fsp3) is 0.769. The number of rotatable bonds is 5. The molecule has 0 aromatic carbocycles. The van der Waals surface area contributed by atoms with Crippen LogP contribution >= 0.6 is 0 Å². The highest BCUT2D eigenvalue weighted by atomic mass is 16.3. The molecule has 0 bridgehead atoms. The monoisotopic (exact) mass is 279 g/mol. The molecule has 2 fully saturated rings. The Morgan fingerprint density at radius 3 is 2.85 bits per heavy atom. The van der Waals surface area contributed by atoms with E-state index in [2.05, 4.69) is 20.9 Å². The minimum absolute atomic E-state index is 0.133. The van der Waals surface area contributed by atoms with E-state index in [1.165, 1.54) is 0 Å². The van der Waals surface area contributed by atoms with Crippen LogP contribution in [0, 0.1) is 5.41 Å². The van der Waals surface area contributed by atoms with Crippen molar-refractivity contribution in [2.45, 2.75) is 31.7 Å². The molecule has 1 aliphatic heterocycles. The lowest BCUT2D eigenvalue weighted by atomic mass is 9.87. The third-order valence-corrected chi connectivity index (χ3v) is 4.50. The van der Waals surface area contributed by atoms with Crippen molar-refractivity contribution in [3.05, 3.63) is 11.9 Å². The van der Waals surface area contributed by atoms with Crippen LogP contribution in [-0.2, 0) is 0 Å². The second kappa shape index (κ2) is 5.49. The van der Waals surface area contributed by atoms with E-state index in [0.29, 0.717) is 18.3 Å². The molecule has 1 amide bonds. The van der Waals surface area contributed by atoms with E-state index < -0.39 is 0 Å². The van der Waals surface area contributed by atoms with Gasteiger partial charge >= 0.3 is 0 Å². The molecule has 0 unspecified atom stereocenters. The highest BCUT2D eigenvalue weighted by molar-refractivity contribution is 5.91. The molecule has 1 aromatic heterocycles. The van der Waals surface area contributed by atoms with Crippen molar-refractivity contribution in [2.24, 2.45) is 5.41 Å². The Bertz CT molecular complexity index is 477. The Labute approximate surface area is 117 Å². The van der Waals surface area contributed by atoms with Gasteiger partial charge in [-0.05, 0) is 12.8 Å². The molecule has 0 spiro atoms. The molecular formula is C13H21N5O2. The molecule has 20 heavy (non-hydrogen) atoms. The Morgan fingerprint density at radius 1 is 1.50 bits per heavy atom. The molecule has 1 aromatic rings. The first-order valence-corrected chi connectivity index (χ1v) is 7.24. The predicted octanol–water partition coefficient (Wildman–Crippen LogP) is -0.295. The maximum Gasteiger partial charge on any atom is 0.273 e. The smallest absolute Gasteiger partial charge is 0.273 e. The first-order valence-electron chi connectivity index (χ1n) is 7.24. The molecule has 1 saturated carbocycles. The van der Waals surface area contributed by atoms with Crippen molar-refractivity contribution in [2.75, 3.05) is 26.2 Å². The van der Waals surface area contributed by atoms with E-state index >= 15 is 0 Å². The number of carbonyl (C=O) groups is 1. The Morgan fingerprint density at radius 2 is 2.25 bits per heavy atom. The van der Waals surface area contributed by atoms with E-state index in [-0.39, 0.29) is 17.9 Å². The fourth-order valence-electron chi connectivity index (χ4n) is 2.89. The summed E-state index contributed by atoms with van der Waals surface area (Å²) < 4.78 is 1.74. The molecule has 7 nitrogen and oxygen atoms in total. The van der Waals surface area contributed by atoms with Crippen molar-refractivity contribution in [3.63, 3.8) is 0 Å². The minimum Gasteiger partial charge on any atom is -0.396 e. The number of hydrogen-bond donors (Lipinski definition) is 3. The molecule has 3 N–H and O–H groups in total. The number of amides is 1. The number of nitrogens with one attached hydrogen (secondary N) is 2. The largest absolute Gasteiger partial charge is 0.396 e. The van der Waals surface area contributed by atoms with E-state index in [4.69, 9.17) is 0 Å². The third kappa shape index (κ3) is 2.55. The normalized spacial score (nSPS) is 21.6. The van der Waals surface area contributed by atoms with Crippen LogP contribution in [0.3, 0.4) is 0 Å². The van der Waals surface area contributed by atoms with Gasteiger partial charge in [0.2, 0.25) is 0 Å². The zero-order chi connectivity index (χ0) is 14.0. The maximum absolute atomic E-state index is 12.1. The van der Waals surface area contributed by atoms with Gasteiger partial charge < -0.3 is 15.7 Å². The number of hydrogen-bond acceptors (Lipinski definition) is 5. The average Bonchev–Trinajstić information content (AvgIpc) is 3.04. The van der Waals surface area contributed by atoms with Gasteiger partial charge in [-0.2, -0.15) is 0 Å². The van der Waals surface area contributed by atoms with Crippen LogP contribution in [0.5, 0.6) is 0 Å². The summed E-state index contributed by atoms with van der Waals surface area (Å²) in [5.74, 6) is -0.205. The molecule has 0 atom stereocenters. The zero-order valence-electron chi connectivity index (χ0n) is 11.5.